The van der Waals surface area contributed by atoms with Gasteiger partial charge in [0.25, 0.3) is 0 Å². The van der Waals surface area contributed by atoms with Gasteiger partial charge in [-0.15, -0.1) is 11.6 Å². The van der Waals surface area contributed by atoms with Gasteiger partial charge in [-0.1, -0.05) is 109 Å². The van der Waals surface area contributed by atoms with Crippen molar-refractivity contribution in [3.8, 4) is 0 Å². The summed E-state index contributed by atoms with van der Waals surface area (Å²) in [5, 5.41) is 8.32. The van der Waals surface area contributed by atoms with Crippen molar-refractivity contribution in [2.24, 2.45) is 0 Å². The normalized spacial score (nSPS) is 11.7. The predicted octanol–water partition coefficient (Wildman–Crippen LogP) is 8.50. The molecule has 1 heterocycles. The molecule has 0 radical (unpaired) electrons. The molecule has 0 aliphatic rings. The number of hydrogen-bond donors (Lipinski definition) is 1. The third-order valence-electron chi connectivity index (χ3n) is 7.39. The second-order valence-corrected chi connectivity index (χ2v) is 10.3. The predicted molar refractivity (Wildman–Crippen MR) is 169 cm³/mol. The van der Waals surface area contributed by atoms with Crippen LogP contribution < -0.4 is 5.32 Å². The first-order chi connectivity index (χ1) is 21.0. The summed E-state index contributed by atoms with van der Waals surface area (Å²) in [7, 11) is 0. The van der Waals surface area contributed by atoms with Crippen molar-refractivity contribution in [3.05, 3.63) is 167 Å². The van der Waals surface area contributed by atoms with Gasteiger partial charge in [0.05, 0.1) is 16.9 Å². The highest BCUT2D eigenvalue weighted by atomic mass is 35.5. The third kappa shape index (κ3) is 5.33. The lowest BCUT2D eigenvalue weighted by Gasteiger charge is -2.37. The van der Waals surface area contributed by atoms with Gasteiger partial charge in [0.2, 0.25) is 5.91 Å². The van der Waals surface area contributed by atoms with Crippen molar-refractivity contribution in [2.45, 2.75) is 5.54 Å². The lowest BCUT2D eigenvalue weighted by atomic mass is 9.77. The summed E-state index contributed by atoms with van der Waals surface area (Å²) < 4.78 is 31.2. The Kier molecular flexibility index (Phi) is 7.86. The fraction of sp³-hybridized carbons (Fsp3) is 0.0556. The molecule has 0 aliphatic heterocycles. The molecule has 4 nitrogen and oxygen atoms in total. The van der Waals surface area contributed by atoms with Crippen LogP contribution in [0.25, 0.3) is 23.1 Å². The Labute approximate surface area is 252 Å². The minimum absolute atomic E-state index is 0.00105. The zero-order valence-corrected chi connectivity index (χ0v) is 23.7. The van der Waals surface area contributed by atoms with E-state index in [9.17, 15) is 9.18 Å². The van der Waals surface area contributed by atoms with Crippen LogP contribution in [0.15, 0.2) is 127 Å². The standard InChI is InChI=1S/C36H26ClF2N3O/c37-24-35(43)40-33-22-30-32(21-18-25-16-19-29(38)20-17-25)41-42(34(30)23-31(33)39)36(26-10-4-1-5-11-26,27-12-6-2-7-13-27)28-14-8-3-9-15-28/h1-23H,24H2,(H,40,43). The molecule has 0 bridgehead atoms. The summed E-state index contributed by atoms with van der Waals surface area (Å²) in [6.45, 7) is 0. The summed E-state index contributed by atoms with van der Waals surface area (Å²) in [6.07, 6.45) is 3.63. The molecule has 1 amide bonds. The summed E-state index contributed by atoms with van der Waals surface area (Å²) in [4.78, 5) is 12.1. The number of aromatic nitrogens is 2. The summed E-state index contributed by atoms with van der Waals surface area (Å²) in [5.74, 6) is -1.79. The van der Waals surface area contributed by atoms with Gasteiger partial charge < -0.3 is 5.32 Å². The lowest BCUT2D eigenvalue weighted by Crippen LogP contribution is -2.38. The number of carbonyl (C=O) groups excluding carboxylic acids is 1. The van der Waals surface area contributed by atoms with Crippen LogP contribution in [0, 0.1) is 11.6 Å². The first-order valence-electron chi connectivity index (χ1n) is 13.7. The molecule has 1 N–H and O–H groups in total. The van der Waals surface area contributed by atoms with E-state index in [2.05, 4.69) is 5.32 Å². The van der Waals surface area contributed by atoms with Gasteiger partial charge in [0.15, 0.2) is 0 Å². The van der Waals surface area contributed by atoms with Gasteiger partial charge in [0, 0.05) is 11.5 Å². The van der Waals surface area contributed by atoms with Crippen LogP contribution in [0.3, 0.4) is 0 Å². The number of nitrogens with zero attached hydrogens (tertiary/aromatic N) is 2. The van der Waals surface area contributed by atoms with E-state index in [1.165, 1.54) is 18.2 Å². The number of rotatable bonds is 8. The Morgan fingerprint density at radius 1 is 0.767 bits per heavy atom. The lowest BCUT2D eigenvalue weighted by molar-refractivity contribution is -0.113. The third-order valence-corrected chi connectivity index (χ3v) is 7.63. The Balaban J connectivity index is 1.70. The fourth-order valence-corrected chi connectivity index (χ4v) is 5.54. The van der Waals surface area contributed by atoms with Crippen LogP contribution in [-0.2, 0) is 10.3 Å². The average Bonchev–Trinajstić information content (AvgIpc) is 3.39. The van der Waals surface area contributed by atoms with E-state index in [0.29, 0.717) is 16.6 Å². The maximum atomic E-state index is 15.7. The Bertz CT molecular complexity index is 1810. The van der Waals surface area contributed by atoms with Crippen molar-refractivity contribution in [3.63, 3.8) is 0 Å². The number of fused-ring (bicyclic) bond motifs is 1. The zero-order valence-electron chi connectivity index (χ0n) is 22.9. The van der Waals surface area contributed by atoms with E-state index >= 15 is 4.39 Å². The number of nitrogens with one attached hydrogen (secondary N) is 1. The molecule has 43 heavy (non-hydrogen) atoms. The largest absolute Gasteiger partial charge is 0.323 e. The van der Waals surface area contributed by atoms with Crippen molar-refractivity contribution >= 4 is 46.3 Å². The molecule has 6 aromatic rings. The molecule has 0 spiro atoms. The van der Waals surface area contributed by atoms with Crippen molar-refractivity contribution in [1.82, 2.24) is 9.78 Å². The molecule has 0 saturated carbocycles. The molecular formula is C36H26ClF2N3O. The van der Waals surface area contributed by atoms with E-state index in [0.717, 1.165) is 22.3 Å². The molecule has 0 atom stereocenters. The number of benzene rings is 5. The quantitative estimate of drug-likeness (QED) is 0.143. The molecule has 5 aromatic carbocycles. The molecular weight excluding hydrogens is 564 g/mol. The second-order valence-electron chi connectivity index (χ2n) is 10.0. The highest BCUT2D eigenvalue weighted by molar-refractivity contribution is 6.29. The molecule has 6 rings (SSSR count). The molecule has 0 fully saturated rings. The Hall–Kier alpha value is -5.07. The Morgan fingerprint density at radius 3 is 1.81 bits per heavy atom. The number of anilines is 1. The topological polar surface area (TPSA) is 46.9 Å². The number of amides is 1. The fourth-order valence-electron chi connectivity index (χ4n) is 5.47. The van der Waals surface area contributed by atoms with Gasteiger partial charge in [-0.2, -0.15) is 5.10 Å². The van der Waals surface area contributed by atoms with Crippen LogP contribution in [0.1, 0.15) is 27.9 Å². The van der Waals surface area contributed by atoms with Crippen LogP contribution in [0.2, 0.25) is 0 Å². The van der Waals surface area contributed by atoms with Crippen molar-refractivity contribution in [1.29, 1.82) is 0 Å². The van der Waals surface area contributed by atoms with Gasteiger partial charge >= 0.3 is 0 Å². The smallest absolute Gasteiger partial charge is 0.239 e. The first-order valence-corrected chi connectivity index (χ1v) is 14.2. The summed E-state index contributed by atoms with van der Waals surface area (Å²) >= 11 is 5.71. The monoisotopic (exact) mass is 589 g/mol. The highest BCUT2D eigenvalue weighted by Gasteiger charge is 2.41. The first kappa shape index (κ1) is 28.1. The number of hydrogen-bond acceptors (Lipinski definition) is 2. The molecule has 0 unspecified atom stereocenters. The maximum Gasteiger partial charge on any atom is 0.239 e. The van der Waals surface area contributed by atoms with E-state index in [1.54, 1.807) is 18.2 Å². The van der Waals surface area contributed by atoms with Crippen molar-refractivity contribution < 1.29 is 13.6 Å². The molecule has 0 saturated heterocycles. The van der Waals surface area contributed by atoms with Gasteiger partial charge in [-0.05, 0) is 46.5 Å². The van der Waals surface area contributed by atoms with Crippen LogP contribution >= 0.6 is 11.6 Å². The van der Waals surface area contributed by atoms with Crippen LogP contribution in [0.5, 0.6) is 0 Å². The Morgan fingerprint density at radius 2 is 1.30 bits per heavy atom. The summed E-state index contributed by atoms with van der Waals surface area (Å²) in [6, 6.07) is 39.0. The van der Waals surface area contributed by atoms with Crippen molar-refractivity contribution in [2.75, 3.05) is 11.2 Å². The second kappa shape index (κ2) is 12.0. The number of carbonyl (C=O) groups is 1. The summed E-state index contributed by atoms with van der Waals surface area (Å²) in [5.41, 5.74) is 3.57. The van der Waals surface area contributed by atoms with Crippen LogP contribution in [-0.4, -0.2) is 21.6 Å². The number of alkyl halides is 1. The molecule has 212 valence electrons. The highest BCUT2D eigenvalue weighted by Crippen LogP contribution is 2.43. The number of halogens is 3. The van der Waals surface area contributed by atoms with E-state index < -0.39 is 17.3 Å². The SMILES string of the molecule is O=C(CCl)Nc1cc2c(C=Cc3ccc(F)cc3)nn(C(c3ccccc3)(c3ccccc3)c3ccccc3)c2cc1F. The van der Waals surface area contributed by atoms with Gasteiger partial charge in [-0.25, -0.2) is 13.5 Å². The van der Waals surface area contributed by atoms with Gasteiger partial charge in [0.1, 0.15) is 23.1 Å². The van der Waals surface area contributed by atoms with Crippen LogP contribution in [0.4, 0.5) is 14.5 Å². The minimum atomic E-state index is -1.00. The molecule has 0 aliphatic carbocycles. The van der Waals surface area contributed by atoms with E-state index in [4.69, 9.17) is 16.7 Å². The molecule has 1 aromatic heterocycles. The average molecular weight is 590 g/mol. The zero-order chi connectivity index (χ0) is 29.8. The van der Waals surface area contributed by atoms with Gasteiger partial charge in [-0.3, -0.25) is 4.79 Å². The maximum absolute atomic E-state index is 15.7. The minimum Gasteiger partial charge on any atom is -0.323 e. The van der Waals surface area contributed by atoms with E-state index in [-0.39, 0.29) is 17.4 Å². The molecule has 7 heteroatoms. The van der Waals surface area contributed by atoms with E-state index in [1.807, 2.05) is 108 Å².